The van der Waals surface area contributed by atoms with Crippen LogP contribution in [-0.4, -0.2) is 47.0 Å². The Balaban J connectivity index is 1.59. The number of rotatable bonds is 8. The first-order chi connectivity index (χ1) is 16.4. The summed E-state index contributed by atoms with van der Waals surface area (Å²) < 4.78 is 12.6. The fourth-order valence-electron chi connectivity index (χ4n) is 3.83. The lowest BCUT2D eigenvalue weighted by molar-refractivity contribution is 0.0343. The van der Waals surface area contributed by atoms with Gasteiger partial charge in [-0.2, -0.15) is 0 Å². The van der Waals surface area contributed by atoms with Gasteiger partial charge in [0.1, 0.15) is 17.5 Å². The van der Waals surface area contributed by atoms with Gasteiger partial charge in [-0.3, -0.25) is 0 Å². The standard InChI is InChI=1S/C24H26ClN5O4/c1-14-13-30(15-6-7-16(24(31)32)20(11-15)33-2)29-23(14)28-19-9-8-18(17(12-26)22(19)25)27-21-5-3-4-10-34-21/h6-9,11-13,21,26-27H,3-5,10H2,1-2H3,(H,28,29)(H,31,32). The molecule has 0 amide bonds. The number of aromatic carboxylic acids is 1. The lowest BCUT2D eigenvalue weighted by Crippen LogP contribution is -2.27. The summed E-state index contributed by atoms with van der Waals surface area (Å²) in [4.78, 5) is 11.4. The molecule has 2 aromatic carbocycles. The molecule has 9 nitrogen and oxygen atoms in total. The molecule has 1 saturated heterocycles. The van der Waals surface area contributed by atoms with Crippen molar-refractivity contribution in [3.63, 3.8) is 0 Å². The van der Waals surface area contributed by atoms with Crippen LogP contribution < -0.4 is 15.4 Å². The zero-order chi connectivity index (χ0) is 24.2. The van der Waals surface area contributed by atoms with Gasteiger partial charge in [0.05, 0.1) is 23.5 Å². The number of carbonyl (C=O) groups is 1. The van der Waals surface area contributed by atoms with Crippen molar-refractivity contribution < 1.29 is 19.4 Å². The number of aromatic nitrogens is 2. The number of ether oxygens (including phenoxy) is 2. The molecule has 1 fully saturated rings. The summed E-state index contributed by atoms with van der Waals surface area (Å²) in [5, 5.41) is 28.7. The molecule has 0 bridgehead atoms. The zero-order valence-corrected chi connectivity index (χ0v) is 19.6. The molecule has 1 aliphatic rings. The van der Waals surface area contributed by atoms with Gasteiger partial charge in [-0.05, 0) is 50.5 Å². The summed E-state index contributed by atoms with van der Waals surface area (Å²) in [6.07, 6.45) is 6.01. The van der Waals surface area contributed by atoms with Gasteiger partial charge in [-0.15, -0.1) is 5.10 Å². The maximum atomic E-state index is 11.4. The monoisotopic (exact) mass is 483 g/mol. The second-order valence-corrected chi connectivity index (χ2v) is 8.33. The summed E-state index contributed by atoms with van der Waals surface area (Å²) in [7, 11) is 1.43. The van der Waals surface area contributed by atoms with Gasteiger partial charge in [-0.25, -0.2) is 9.48 Å². The van der Waals surface area contributed by atoms with Crippen molar-refractivity contribution in [2.75, 3.05) is 24.4 Å². The SMILES string of the molecule is COc1cc(-n2cc(C)c(Nc3ccc(NC4CCCCO4)c(C=N)c3Cl)n2)ccc1C(=O)O. The second-order valence-electron chi connectivity index (χ2n) is 7.95. The van der Waals surface area contributed by atoms with E-state index >= 15 is 0 Å². The molecule has 0 radical (unpaired) electrons. The lowest BCUT2D eigenvalue weighted by Gasteiger charge is -2.25. The molecule has 178 valence electrons. The van der Waals surface area contributed by atoms with E-state index in [9.17, 15) is 9.90 Å². The molecule has 2 heterocycles. The Bertz CT molecular complexity index is 1220. The fourth-order valence-corrected chi connectivity index (χ4v) is 4.09. The number of nitrogens with zero attached hydrogens (tertiary/aromatic N) is 2. The molecule has 1 aromatic heterocycles. The first-order valence-corrected chi connectivity index (χ1v) is 11.2. The fraction of sp³-hybridized carbons (Fsp3) is 0.292. The van der Waals surface area contributed by atoms with Crippen LogP contribution in [-0.2, 0) is 4.74 Å². The lowest BCUT2D eigenvalue weighted by atomic mass is 10.1. The number of halogens is 1. The maximum Gasteiger partial charge on any atom is 0.339 e. The maximum absolute atomic E-state index is 11.4. The van der Waals surface area contributed by atoms with E-state index in [1.54, 1.807) is 16.8 Å². The van der Waals surface area contributed by atoms with Crippen molar-refractivity contribution >= 4 is 41.0 Å². The van der Waals surface area contributed by atoms with Gasteiger partial charge in [0.15, 0.2) is 5.82 Å². The van der Waals surface area contributed by atoms with Crippen LogP contribution in [0, 0.1) is 12.3 Å². The number of benzene rings is 2. The molecule has 0 spiro atoms. The number of methoxy groups -OCH3 is 1. The quantitative estimate of drug-likeness (QED) is 0.324. The zero-order valence-electron chi connectivity index (χ0n) is 18.9. The molecule has 1 unspecified atom stereocenters. The molecule has 0 saturated carbocycles. The van der Waals surface area contributed by atoms with Crippen molar-refractivity contribution in [2.24, 2.45) is 0 Å². The normalized spacial score (nSPS) is 15.6. The Labute approximate surface area is 202 Å². The largest absolute Gasteiger partial charge is 0.496 e. The van der Waals surface area contributed by atoms with Gasteiger partial charge in [0, 0.05) is 41.9 Å². The van der Waals surface area contributed by atoms with Crippen LogP contribution in [0.1, 0.15) is 40.7 Å². The molecule has 0 aliphatic carbocycles. The number of nitrogens with one attached hydrogen (secondary N) is 3. The number of aryl methyl sites for hydroxylation is 1. The van der Waals surface area contributed by atoms with E-state index < -0.39 is 5.97 Å². The molecule has 1 aliphatic heterocycles. The molecular weight excluding hydrogens is 458 g/mol. The molecule has 10 heteroatoms. The van der Waals surface area contributed by atoms with Gasteiger partial charge < -0.3 is 30.6 Å². The predicted molar refractivity (Wildman–Crippen MR) is 132 cm³/mol. The number of anilines is 3. The van der Waals surface area contributed by atoms with Crippen LogP contribution >= 0.6 is 11.6 Å². The van der Waals surface area contributed by atoms with Gasteiger partial charge in [0.2, 0.25) is 0 Å². The Hall–Kier alpha value is -3.56. The third-order valence-corrected chi connectivity index (χ3v) is 6.06. The van der Waals surface area contributed by atoms with Gasteiger partial charge in [0.25, 0.3) is 0 Å². The highest BCUT2D eigenvalue weighted by atomic mass is 35.5. The minimum atomic E-state index is -1.06. The summed E-state index contributed by atoms with van der Waals surface area (Å²) in [5.41, 5.74) is 3.49. The highest BCUT2D eigenvalue weighted by Crippen LogP contribution is 2.34. The molecule has 3 aromatic rings. The van der Waals surface area contributed by atoms with Crippen molar-refractivity contribution in [1.29, 1.82) is 5.41 Å². The highest BCUT2D eigenvalue weighted by molar-refractivity contribution is 6.36. The summed E-state index contributed by atoms with van der Waals surface area (Å²) in [6, 6.07) is 8.47. The second kappa shape index (κ2) is 10.1. The molecule has 4 N–H and O–H groups in total. The first-order valence-electron chi connectivity index (χ1n) is 10.9. The smallest absolute Gasteiger partial charge is 0.339 e. The van der Waals surface area contributed by atoms with Crippen molar-refractivity contribution in [2.45, 2.75) is 32.4 Å². The van der Waals surface area contributed by atoms with Crippen LogP contribution in [0.4, 0.5) is 17.2 Å². The number of hydrogen-bond acceptors (Lipinski definition) is 7. The summed E-state index contributed by atoms with van der Waals surface area (Å²) >= 11 is 6.64. The average molecular weight is 484 g/mol. The minimum absolute atomic E-state index is 0.0757. The van der Waals surface area contributed by atoms with Crippen molar-refractivity contribution in [1.82, 2.24) is 9.78 Å². The Kier molecular flexibility index (Phi) is 7.04. The van der Waals surface area contributed by atoms with E-state index in [0.29, 0.717) is 27.8 Å². The number of hydrogen-bond donors (Lipinski definition) is 4. The molecule has 34 heavy (non-hydrogen) atoms. The van der Waals surface area contributed by atoms with E-state index in [-0.39, 0.29) is 17.5 Å². The average Bonchev–Trinajstić information content (AvgIpc) is 3.21. The highest BCUT2D eigenvalue weighted by Gasteiger charge is 2.18. The number of carboxylic acid groups (broad SMARTS) is 1. The molecule has 1 atom stereocenters. The van der Waals surface area contributed by atoms with Crippen molar-refractivity contribution in [3.05, 3.63) is 58.2 Å². The first kappa shape index (κ1) is 23.6. The van der Waals surface area contributed by atoms with Crippen LogP contribution in [0.2, 0.25) is 5.02 Å². The van der Waals surface area contributed by atoms with Crippen molar-refractivity contribution in [3.8, 4) is 11.4 Å². The molecular formula is C24H26ClN5O4. The van der Waals surface area contributed by atoms with Crippen LogP contribution in [0.3, 0.4) is 0 Å². The molecule has 4 rings (SSSR count). The van der Waals surface area contributed by atoms with E-state index in [4.69, 9.17) is 26.5 Å². The van der Waals surface area contributed by atoms with Crippen LogP contribution in [0.25, 0.3) is 5.69 Å². The van der Waals surface area contributed by atoms with E-state index in [1.165, 1.54) is 19.4 Å². The van der Waals surface area contributed by atoms with E-state index in [2.05, 4.69) is 15.7 Å². The Morgan fingerprint density at radius 1 is 1.32 bits per heavy atom. The van der Waals surface area contributed by atoms with E-state index in [1.807, 2.05) is 25.3 Å². The van der Waals surface area contributed by atoms with E-state index in [0.717, 1.165) is 37.1 Å². The minimum Gasteiger partial charge on any atom is -0.496 e. The van der Waals surface area contributed by atoms with Gasteiger partial charge in [-0.1, -0.05) is 11.6 Å². The predicted octanol–water partition coefficient (Wildman–Crippen LogP) is 5.22. The number of carboxylic acids is 1. The van der Waals surface area contributed by atoms with Gasteiger partial charge >= 0.3 is 5.97 Å². The summed E-state index contributed by atoms with van der Waals surface area (Å²) in [6.45, 7) is 2.62. The third-order valence-electron chi connectivity index (χ3n) is 5.65. The topological polar surface area (TPSA) is 121 Å². The Morgan fingerprint density at radius 2 is 2.12 bits per heavy atom. The third kappa shape index (κ3) is 4.85. The van der Waals surface area contributed by atoms with Crippen LogP contribution in [0.15, 0.2) is 36.5 Å². The van der Waals surface area contributed by atoms with Crippen LogP contribution in [0.5, 0.6) is 5.75 Å². The summed E-state index contributed by atoms with van der Waals surface area (Å²) in [5.74, 6) is -0.237. The Morgan fingerprint density at radius 3 is 2.79 bits per heavy atom.